The molecule has 0 radical (unpaired) electrons. The van der Waals surface area contributed by atoms with Crippen LogP contribution in [0.5, 0.6) is 0 Å². The quantitative estimate of drug-likeness (QED) is 0.566. The molecule has 0 spiro atoms. The van der Waals surface area contributed by atoms with Crippen LogP contribution in [0.3, 0.4) is 0 Å². The van der Waals surface area contributed by atoms with Gasteiger partial charge in [-0.1, -0.05) is 26.7 Å². The van der Waals surface area contributed by atoms with Crippen LogP contribution in [0.15, 0.2) is 0 Å². The summed E-state index contributed by atoms with van der Waals surface area (Å²) in [6, 6.07) is 0. The van der Waals surface area contributed by atoms with Crippen LogP contribution < -0.4 is 0 Å². The summed E-state index contributed by atoms with van der Waals surface area (Å²) in [6.07, 6.45) is 0. The summed E-state index contributed by atoms with van der Waals surface area (Å²) in [7, 11) is 0. The molecule has 0 aliphatic heterocycles. The van der Waals surface area contributed by atoms with Crippen LogP contribution in [0, 0.1) is 17.8 Å². The van der Waals surface area contributed by atoms with E-state index < -0.39 is 0 Å². The fourth-order valence-electron chi connectivity index (χ4n) is 0.438. The van der Waals surface area contributed by atoms with E-state index in [-0.39, 0.29) is 0 Å². The number of rotatable bonds is 3. The van der Waals surface area contributed by atoms with Gasteiger partial charge in [-0.15, -0.1) is 17.7 Å². The molecule has 0 aromatic carbocycles. The van der Waals surface area contributed by atoms with E-state index in [1.165, 1.54) is 0 Å². The molecule has 10 heavy (non-hydrogen) atoms. The SMILES string of the molecule is CC#CCSC(C)C(C)C. The average molecular weight is 156 g/mol. The van der Waals surface area contributed by atoms with E-state index in [0.29, 0.717) is 0 Å². The Morgan fingerprint density at radius 2 is 1.90 bits per heavy atom. The average Bonchev–Trinajstić information content (AvgIpc) is 1.88. The van der Waals surface area contributed by atoms with Gasteiger partial charge in [-0.3, -0.25) is 0 Å². The first-order valence-corrected chi connectivity index (χ1v) is 4.74. The van der Waals surface area contributed by atoms with Crippen molar-refractivity contribution in [3.63, 3.8) is 0 Å². The van der Waals surface area contributed by atoms with Gasteiger partial charge in [0.15, 0.2) is 0 Å². The van der Waals surface area contributed by atoms with Crippen LogP contribution in [0.25, 0.3) is 0 Å². The third kappa shape index (κ3) is 4.76. The van der Waals surface area contributed by atoms with Crippen molar-refractivity contribution < 1.29 is 0 Å². The second-order valence-corrected chi connectivity index (χ2v) is 4.05. The molecule has 0 saturated carbocycles. The summed E-state index contributed by atoms with van der Waals surface area (Å²) in [5.41, 5.74) is 0. The van der Waals surface area contributed by atoms with E-state index in [1.54, 1.807) is 0 Å². The third-order valence-electron chi connectivity index (χ3n) is 1.53. The lowest BCUT2D eigenvalue weighted by Gasteiger charge is -2.12. The molecule has 0 heterocycles. The highest BCUT2D eigenvalue weighted by Gasteiger charge is 2.04. The lowest BCUT2D eigenvalue weighted by molar-refractivity contribution is 0.643. The lowest BCUT2D eigenvalue weighted by atomic mass is 10.2. The molecule has 0 aromatic heterocycles. The van der Waals surface area contributed by atoms with Gasteiger partial charge < -0.3 is 0 Å². The zero-order valence-electron chi connectivity index (χ0n) is 7.27. The summed E-state index contributed by atoms with van der Waals surface area (Å²) >= 11 is 1.94. The second-order valence-electron chi connectivity index (χ2n) is 2.69. The molecule has 0 N–H and O–H groups in total. The normalized spacial score (nSPS) is 12.5. The Hall–Kier alpha value is -0.0900. The molecule has 0 aliphatic rings. The molecule has 0 aliphatic carbocycles. The second kappa shape index (κ2) is 5.68. The minimum absolute atomic E-state index is 0.737. The van der Waals surface area contributed by atoms with Crippen LogP contribution in [-0.4, -0.2) is 11.0 Å². The topological polar surface area (TPSA) is 0 Å². The monoisotopic (exact) mass is 156 g/mol. The highest BCUT2D eigenvalue weighted by molar-refractivity contribution is 8.00. The van der Waals surface area contributed by atoms with Crippen LogP contribution >= 0.6 is 11.8 Å². The van der Waals surface area contributed by atoms with Gasteiger partial charge in [0.25, 0.3) is 0 Å². The zero-order chi connectivity index (χ0) is 7.98. The van der Waals surface area contributed by atoms with Gasteiger partial charge >= 0.3 is 0 Å². The highest BCUT2D eigenvalue weighted by Crippen LogP contribution is 2.17. The number of hydrogen-bond acceptors (Lipinski definition) is 1. The smallest absolute Gasteiger partial charge is 0.0550 e. The Bertz CT molecular complexity index is 127. The van der Waals surface area contributed by atoms with Crippen molar-refractivity contribution >= 4 is 11.8 Å². The first kappa shape index (κ1) is 9.91. The van der Waals surface area contributed by atoms with Crippen LogP contribution in [0.1, 0.15) is 27.7 Å². The number of hydrogen-bond donors (Lipinski definition) is 0. The molecule has 0 aromatic rings. The van der Waals surface area contributed by atoms with Gasteiger partial charge in [-0.2, -0.15) is 0 Å². The van der Waals surface area contributed by atoms with Gasteiger partial charge in [-0.05, 0) is 12.8 Å². The van der Waals surface area contributed by atoms with Crippen molar-refractivity contribution in [1.82, 2.24) is 0 Å². The third-order valence-corrected chi connectivity index (χ3v) is 2.92. The van der Waals surface area contributed by atoms with E-state index >= 15 is 0 Å². The maximum atomic E-state index is 3.05. The van der Waals surface area contributed by atoms with Crippen molar-refractivity contribution in [1.29, 1.82) is 0 Å². The first-order valence-electron chi connectivity index (χ1n) is 3.69. The van der Waals surface area contributed by atoms with Crippen LogP contribution in [0.4, 0.5) is 0 Å². The summed E-state index contributed by atoms with van der Waals surface area (Å²) in [5.74, 6) is 7.69. The fourth-order valence-corrected chi connectivity index (χ4v) is 1.31. The van der Waals surface area contributed by atoms with Crippen molar-refractivity contribution in [3.8, 4) is 11.8 Å². The van der Waals surface area contributed by atoms with Crippen molar-refractivity contribution in [2.24, 2.45) is 5.92 Å². The minimum Gasteiger partial charge on any atom is -0.146 e. The van der Waals surface area contributed by atoms with Gasteiger partial charge in [0, 0.05) is 5.25 Å². The Labute approximate surface area is 68.8 Å². The zero-order valence-corrected chi connectivity index (χ0v) is 8.09. The molecule has 1 unspecified atom stereocenters. The molecule has 0 nitrogen and oxygen atoms in total. The molecule has 1 atom stereocenters. The van der Waals surface area contributed by atoms with Gasteiger partial charge in [0.05, 0.1) is 5.75 Å². The van der Waals surface area contributed by atoms with Crippen molar-refractivity contribution in [3.05, 3.63) is 0 Å². The molecular formula is C9H16S. The molecule has 0 fully saturated rings. The Balaban J connectivity index is 3.36. The molecule has 0 saturated heterocycles. The highest BCUT2D eigenvalue weighted by atomic mass is 32.2. The summed E-state index contributed by atoms with van der Waals surface area (Å²) in [5, 5.41) is 0.737. The summed E-state index contributed by atoms with van der Waals surface area (Å²) in [4.78, 5) is 0. The first-order chi connectivity index (χ1) is 4.68. The van der Waals surface area contributed by atoms with Gasteiger partial charge in [0.1, 0.15) is 0 Å². The predicted octanol–water partition coefficient (Wildman–Crippen LogP) is 2.79. The molecular weight excluding hydrogens is 140 g/mol. The predicted molar refractivity (Wildman–Crippen MR) is 50.2 cm³/mol. The Kier molecular flexibility index (Phi) is 5.63. The maximum absolute atomic E-state index is 3.05. The van der Waals surface area contributed by atoms with Gasteiger partial charge in [0.2, 0.25) is 0 Å². The minimum atomic E-state index is 0.737. The molecule has 0 bridgehead atoms. The Morgan fingerprint density at radius 3 is 2.30 bits per heavy atom. The number of thioether (sulfide) groups is 1. The molecule has 58 valence electrons. The van der Waals surface area contributed by atoms with Crippen LogP contribution in [0.2, 0.25) is 0 Å². The Morgan fingerprint density at radius 1 is 1.30 bits per heavy atom. The maximum Gasteiger partial charge on any atom is 0.0550 e. The van der Waals surface area contributed by atoms with E-state index in [2.05, 4.69) is 32.6 Å². The molecule has 0 amide bonds. The van der Waals surface area contributed by atoms with Crippen LogP contribution in [-0.2, 0) is 0 Å². The molecule has 1 heteroatoms. The van der Waals surface area contributed by atoms with E-state index in [4.69, 9.17) is 0 Å². The summed E-state index contributed by atoms with van der Waals surface area (Å²) in [6.45, 7) is 8.64. The molecule has 0 rings (SSSR count). The van der Waals surface area contributed by atoms with E-state index in [0.717, 1.165) is 16.9 Å². The standard InChI is InChI=1S/C9H16S/c1-5-6-7-10-9(4)8(2)3/h8-9H,7H2,1-4H3. The van der Waals surface area contributed by atoms with E-state index in [9.17, 15) is 0 Å². The largest absolute Gasteiger partial charge is 0.146 e. The lowest BCUT2D eigenvalue weighted by Crippen LogP contribution is -2.05. The van der Waals surface area contributed by atoms with Gasteiger partial charge in [-0.25, -0.2) is 0 Å². The van der Waals surface area contributed by atoms with Crippen molar-refractivity contribution in [2.45, 2.75) is 32.9 Å². The summed E-state index contributed by atoms with van der Waals surface area (Å²) < 4.78 is 0. The fraction of sp³-hybridized carbons (Fsp3) is 0.778. The van der Waals surface area contributed by atoms with E-state index in [1.807, 2.05) is 18.7 Å². The van der Waals surface area contributed by atoms with Crippen molar-refractivity contribution in [2.75, 3.05) is 5.75 Å².